The molecule has 3 nitrogen and oxygen atoms in total. The third kappa shape index (κ3) is 4.11. The quantitative estimate of drug-likeness (QED) is 0.764. The zero-order valence-corrected chi connectivity index (χ0v) is 11.0. The molecule has 0 saturated carbocycles. The number of aryl methyl sites for hydroxylation is 2. The van der Waals surface area contributed by atoms with Crippen LogP contribution in [0.4, 0.5) is 4.39 Å². The molecule has 0 aliphatic heterocycles. The van der Waals surface area contributed by atoms with Crippen molar-refractivity contribution >= 4 is 5.91 Å². The van der Waals surface area contributed by atoms with E-state index in [1.807, 2.05) is 0 Å². The van der Waals surface area contributed by atoms with E-state index in [2.05, 4.69) is 0 Å². The Labute approximate surface area is 107 Å². The highest BCUT2D eigenvalue weighted by atomic mass is 19.1. The van der Waals surface area contributed by atoms with Gasteiger partial charge in [0.15, 0.2) is 0 Å². The summed E-state index contributed by atoms with van der Waals surface area (Å²) in [6.45, 7) is 3.48. The molecular formula is C14H21FN2O. The minimum Gasteiger partial charge on any atom is -0.370 e. The predicted molar refractivity (Wildman–Crippen MR) is 70.5 cm³/mol. The lowest BCUT2D eigenvalue weighted by Crippen LogP contribution is -2.13. The van der Waals surface area contributed by atoms with Crippen molar-refractivity contribution in [2.45, 2.75) is 45.6 Å². The molecule has 100 valence electrons. The van der Waals surface area contributed by atoms with E-state index in [9.17, 15) is 9.18 Å². The molecule has 1 aromatic carbocycles. The molecule has 0 saturated heterocycles. The van der Waals surface area contributed by atoms with Crippen LogP contribution in [0.25, 0.3) is 0 Å². The first kappa shape index (κ1) is 14.6. The molecule has 0 spiro atoms. The van der Waals surface area contributed by atoms with Crippen LogP contribution in [0.1, 0.15) is 48.4 Å². The molecule has 1 amide bonds. The fourth-order valence-electron chi connectivity index (χ4n) is 2.02. The topological polar surface area (TPSA) is 69.1 Å². The summed E-state index contributed by atoms with van der Waals surface area (Å²) in [5.41, 5.74) is 13.3. The van der Waals surface area contributed by atoms with Gasteiger partial charge in [0.05, 0.1) is 0 Å². The molecular weight excluding hydrogens is 231 g/mol. The first-order valence-corrected chi connectivity index (χ1v) is 6.22. The largest absolute Gasteiger partial charge is 0.370 e. The van der Waals surface area contributed by atoms with Crippen molar-refractivity contribution in [3.63, 3.8) is 0 Å². The molecule has 0 aromatic heterocycles. The number of primary amides is 1. The number of amides is 1. The lowest BCUT2D eigenvalue weighted by molar-refractivity contribution is -0.118. The normalized spacial score (nSPS) is 12.4. The molecule has 1 atom stereocenters. The van der Waals surface area contributed by atoms with Gasteiger partial charge in [0.25, 0.3) is 0 Å². The molecule has 0 aliphatic carbocycles. The SMILES string of the molecule is Cc1cc(C(N)CCCCC(N)=O)cc(C)c1F. The van der Waals surface area contributed by atoms with E-state index in [1.54, 1.807) is 26.0 Å². The van der Waals surface area contributed by atoms with E-state index in [0.29, 0.717) is 17.5 Å². The van der Waals surface area contributed by atoms with Crippen LogP contribution in [-0.2, 0) is 4.79 Å². The second kappa shape index (κ2) is 6.50. The fourth-order valence-corrected chi connectivity index (χ4v) is 2.02. The Hall–Kier alpha value is -1.42. The maximum absolute atomic E-state index is 13.5. The minimum atomic E-state index is -0.281. The Morgan fingerprint density at radius 3 is 2.33 bits per heavy atom. The van der Waals surface area contributed by atoms with Gasteiger partial charge in [-0.3, -0.25) is 4.79 Å². The van der Waals surface area contributed by atoms with Gasteiger partial charge < -0.3 is 11.5 Å². The van der Waals surface area contributed by atoms with Gasteiger partial charge in [-0.2, -0.15) is 0 Å². The van der Waals surface area contributed by atoms with E-state index in [0.717, 1.165) is 24.8 Å². The van der Waals surface area contributed by atoms with Crippen molar-refractivity contribution in [3.05, 3.63) is 34.6 Å². The van der Waals surface area contributed by atoms with Gasteiger partial charge in [0.2, 0.25) is 5.91 Å². The van der Waals surface area contributed by atoms with Gasteiger partial charge in [-0.1, -0.05) is 18.6 Å². The number of halogens is 1. The highest BCUT2D eigenvalue weighted by molar-refractivity contribution is 5.73. The number of carbonyl (C=O) groups excluding carboxylic acids is 1. The van der Waals surface area contributed by atoms with Crippen LogP contribution in [0, 0.1) is 19.7 Å². The van der Waals surface area contributed by atoms with Crippen LogP contribution in [0.2, 0.25) is 0 Å². The summed E-state index contributed by atoms with van der Waals surface area (Å²) in [5.74, 6) is -0.447. The smallest absolute Gasteiger partial charge is 0.217 e. The Bertz CT molecular complexity index is 409. The molecule has 1 unspecified atom stereocenters. The maximum Gasteiger partial charge on any atom is 0.217 e. The Kier molecular flexibility index (Phi) is 5.28. The fraction of sp³-hybridized carbons (Fsp3) is 0.500. The third-order valence-corrected chi connectivity index (χ3v) is 3.08. The second-order valence-corrected chi connectivity index (χ2v) is 4.79. The van der Waals surface area contributed by atoms with Crippen LogP contribution < -0.4 is 11.5 Å². The standard InChI is InChI=1S/C14H21FN2O/c1-9-7-11(8-10(2)14(9)15)12(16)5-3-4-6-13(17)18/h7-8,12H,3-6,16H2,1-2H3,(H2,17,18). The average Bonchev–Trinajstić information content (AvgIpc) is 2.30. The van der Waals surface area contributed by atoms with E-state index >= 15 is 0 Å². The number of hydrogen-bond acceptors (Lipinski definition) is 2. The number of rotatable bonds is 6. The molecule has 0 radical (unpaired) electrons. The van der Waals surface area contributed by atoms with Crippen molar-refractivity contribution in [1.82, 2.24) is 0 Å². The van der Waals surface area contributed by atoms with Crippen molar-refractivity contribution in [2.24, 2.45) is 11.5 Å². The lowest BCUT2D eigenvalue weighted by atomic mass is 9.97. The molecule has 1 aromatic rings. The lowest BCUT2D eigenvalue weighted by Gasteiger charge is -2.14. The first-order chi connectivity index (χ1) is 8.41. The third-order valence-electron chi connectivity index (χ3n) is 3.08. The molecule has 0 heterocycles. The molecule has 0 bridgehead atoms. The van der Waals surface area contributed by atoms with Gasteiger partial charge in [0.1, 0.15) is 5.82 Å². The van der Waals surface area contributed by atoms with Crippen LogP contribution >= 0.6 is 0 Å². The summed E-state index contributed by atoms with van der Waals surface area (Å²) in [4.78, 5) is 10.6. The number of carbonyl (C=O) groups is 1. The van der Waals surface area contributed by atoms with Gasteiger partial charge in [-0.05, 0) is 43.4 Å². The molecule has 0 aliphatic rings. The Morgan fingerprint density at radius 1 is 1.28 bits per heavy atom. The van der Waals surface area contributed by atoms with Crippen molar-refractivity contribution in [2.75, 3.05) is 0 Å². The minimum absolute atomic E-state index is 0.115. The maximum atomic E-state index is 13.5. The van der Waals surface area contributed by atoms with Crippen molar-refractivity contribution in [1.29, 1.82) is 0 Å². The second-order valence-electron chi connectivity index (χ2n) is 4.79. The molecule has 0 fully saturated rings. The Morgan fingerprint density at radius 2 is 1.83 bits per heavy atom. The van der Waals surface area contributed by atoms with Crippen molar-refractivity contribution in [3.8, 4) is 0 Å². The van der Waals surface area contributed by atoms with E-state index in [-0.39, 0.29) is 17.8 Å². The molecule has 4 heteroatoms. The number of nitrogens with two attached hydrogens (primary N) is 2. The van der Waals surface area contributed by atoms with Gasteiger partial charge >= 0.3 is 0 Å². The van der Waals surface area contributed by atoms with Crippen LogP contribution in [0.15, 0.2) is 12.1 Å². The van der Waals surface area contributed by atoms with Crippen LogP contribution in [-0.4, -0.2) is 5.91 Å². The molecule has 4 N–H and O–H groups in total. The number of hydrogen-bond donors (Lipinski definition) is 2. The molecule has 18 heavy (non-hydrogen) atoms. The van der Waals surface area contributed by atoms with E-state index in [4.69, 9.17) is 11.5 Å². The average molecular weight is 252 g/mol. The summed E-state index contributed by atoms with van der Waals surface area (Å²) in [6.07, 6.45) is 2.77. The predicted octanol–water partition coefficient (Wildman–Crippen LogP) is 2.49. The summed E-state index contributed by atoms with van der Waals surface area (Å²) in [6, 6.07) is 3.47. The summed E-state index contributed by atoms with van der Waals surface area (Å²) >= 11 is 0. The highest BCUT2D eigenvalue weighted by Crippen LogP contribution is 2.22. The highest BCUT2D eigenvalue weighted by Gasteiger charge is 2.10. The first-order valence-electron chi connectivity index (χ1n) is 6.22. The monoisotopic (exact) mass is 252 g/mol. The zero-order valence-electron chi connectivity index (χ0n) is 11.0. The van der Waals surface area contributed by atoms with Gasteiger partial charge in [-0.15, -0.1) is 0 Å². The summed E-state index contributed by atoms with van der Waals surface area (Å²) in [5, 5.41) is 0. The molecule has 1 rings (SSSR count). The summed E-state index contributed by atoms with van der Waals surface area (Å²) < 4.78 is 13.5. The van der Waals surface area contributed by atoms with Gasteiger partial charge in [-0.25, -0.2) is 4.39 Å². The number of unbranched alkanes of at least 4 members (excludes halogenated alkanes) is 1. The van der Waals surface area contributed by atoms with E-state index in [1.165, 1.54) is 0 Å². The number of benzene rings is 1. The van der Waals surface area contributed by atoms with E-state index < -0.39 is 0 Å². The van der Waals surface area contributed by atoms with Crippen LogP contribution in [0.5, 0.6) is 0 Å². The van der Waals surface area contributed by atoms with Gasteiger partial charge in [0, 0.05) is 12.5 Å². The summed E-state index contributed by atoms with van der Waals surface area (Å²) in [7, 11) is 0. The van der Waals surface area contributed by atoms with Crippen LogP contribution in [0.3, 0.4) is 0 Å². The zero-order chi connectivity index (χ0) is 13.7. The van der Waals surface area contributed by atoms with Crippen molar-refractivity contribution < 1.29 is 9.18 Å². The Balaban J connectivity index is 2.56.